The minimum absolute atomic E-state index is 0.658. The number of ether oxygens (including phenoxy) is 2. The molecule has 0 radical (unpaired) electrons. The Labute approximate surface area is 179 Å². The smallest absolute Gasteiger partial charge is 0.177 e. The van der Waals surface area contributed by atoms with E-state index in [9.17, 15) is 0 Å². The highest BCUT2D eigenvalue weighted by Gasteiger charge is 2.16. The lowest BCUT2D eigenvalue weighted by Crippen LogP contribution is -2.35. The summed E-state index contributed by atoms with van der Waals surface area (Å²) >= 11 is 0. The van der Waals surface area contributed by atoms with Gasteiger partial charge in [0.2, 0.25) is 0 Å². The van der Waals surface area contributed by atoms with E-state index in [1.54, 1.807) is 0 Å². The van der Waals surface area contributed by atoms with Gasteiger partial charge in [0, 0.05) is 25.9 Å². The highest BCUT2D eigenvalue weighted by Crippen LogP contribution is 2.27. The van der Waals surface area contributed by atoms with Crippen LogP contribution in [0.25, 0.3) is 17.1 Å². The van der Waals surface area contributed by atoms with Gasteiger partial charge in [0.15, 0.2) is 17.2 Å². The average Bonchev–Trinajstić information content (AvgIpc) is 3.54. The first kappa shape index (κ1) is 18.5. The van der Waals surface area contributed by atoms with Gasteiger partial charge in [-0.05, 0) is 41.5 Å². The van der Waals surface area contributed by atoms with Gasteiger partial charge < -0.3 is 13.9 Å². The molecule has 0 unspecified atom stereocenters. The summed E-state index contributed by atoms with van der Waals surface area (Å²) in [6.45, 7) is 4.96. The molecular weight excluding hydrogens is 394 g/mol. The molecule has 5 heterocycles. The first-order chi connectivity index (χ1) is 15.3. The van der Waals surface area contributed by atoms with Crippen LogP contribution in [0.4, 0.5) is 0 Å². The van der Waals surface area contributed by atoms with Crippen molar-refractivity contribution in [2.75, 3.05) is 32.9 Å². The quantitative estimate of drug-likeness (QED) is 0.494. The fourth-order valence-corrected chi connectivity index (χ4v) is 4.19. The predicted octanol–water partition coefficient (Wildman–Crippen LogP) is 2.74. The van der Waals surface area contributed by atoms with Crippen molar-refractivity contribution >= 4 is 5.65 Å². The van der Waals surface area contributed by atoms with Crippen molar-refractivity contribution in [2.24, 2.45) is 0 Å². The zero-order chi connectivity index (χ0) is 20.6. The molecule has 31 heavy (non-hydrogen) atoms. The van der Waals surface area contributed by atoms with Gasteiger partial charge in [0.1, 0.15) is 17.2 Å². The Morgan fingerprint density at radius 3 is 2.81 bits per heavy atom. The molecular formula is C23H23N5O3. The fourth-order valence-electron chi connectivity index (χ4n) is 4.19. The SMILES string of the molecule is c1cc2c(cc1Cc1nnc3ccc(-c4ccc(CN5CCOCC5)o4)nn13)CCO2. The molecule has 1 aromatic carbocycles. The van der Waals surface area contributed by atoms with E-state index in [-0.39, 0.29) is 0 Å². The molecule has 1 saturated heterocycles. The van der Waals surface area contributed by atoms with E-state index in [0.717, 1.165) is 80.3 Å². The van der Waals surface area contributed by atoms with E-state index in [4.69, 9.17) is 19.0 Å². The molecule has 0 spiro atoms. The minimum atomic E-state index is 0.658. The van der Waals surface area contributed by atoms with E-state index in [0.29, 0.717) is 6.42 Å². The number of aromatic nitrogens is 4. The average molecular weight is 417 g/mol. The van der Waals surface area contributed by atoms with Crippen molar-refractivity contribution in [1.82, 2.24) is 24.7 Å². The molecule has 2 aliphatic heterocycles. The summed E-state index contributed by atoms with van der Waals surface area (Å²) in [5, 5.41) is 13.4. The summed E-state index contributed by atoms with van der Waals surface area (Å²) in [5.74, 6) is 3.47. The maximum absolute atomic E-state index is 6.09. The number of benzene rings is 1. The lowest BCUT2D eigenvalue weighted by molar-refractivity contribution is 0.0314. The molecule has 3 aromatic heterocycles. The maximum atomic E-state index is 6.09. The second-order valence-corrected chi connectivity index (χ2v) is 7.98. The Morgan fingerprint density at radius 2 is 1.87 bits per heavy atom. The molecule has 0 atom stereocenters. The molecule has 4 aromatic rings. The summed E-state index contributed by atoms with van der Waals surface area (Å²) in [4.78, 5) is 2.34. The van der Waals surface area contributed by atoms with Crippen molar-refractivity contribution in [3.8, 4) is 17.2 Å². The van der Waals surface area contributed by atoms with E-state index >= 15 is 0 Å². The Morgan fingerprint density at radius 1 is 0.935 bits per heavy atom. The zero-order valence-electron chi connectivity index (χ0n) is 17.2. The highest BCUT2D eigenvalue weighted by molar-refractivity contribution is 5.54. The van der Waals surface area contributed by atoms with Crippen LogP contribution in [0.3, 0.4) is 0 Å². The van der Waals surface area contributed by atoms with Gasteiger partial charge >= 0.3 is 0 Å². The standard InChI is InChI=1S/C23H23N5O3/c1-4-20-17(7-10-30-20)13-16(1)14-23-25-24-22-6-3-19(26-28(22)23)21-5-2-18(31-21)15-27-8-11-29-12-9-27/h1-6,13H,7-12,14-15H2. The van der Waals surface area contributed by atoms with Crippen LogP contribution in [-0.4, -0.2) is 57.6 Å². The second-order valence-electron chi connectivity index (χ2n) is 7.98. The predicted molar refractivity (Wildman–Crippen MR) is 113 cm³/mol. The molecule has 1 fully saturated rings. The molecule has 6 rings (SSSR count). The van der Waals surface area contributed by atoms with Crippen LogP contribution < -0.4 is 4.74 Å². The van der Waals surface area contributed by atoms with Crippen LogP contribution in [0, 0.1) is 0 Å². The topological polar surface area (TPSA) is 77.9 Å². The number of hydrogen-bond donors (Lipinski definition) is 0. The van der Waals surface area contributed by atoms with Gasteiger partial charge in [0.05, 0.1) is 26.4 Å². The number of fused-ring (bicyclic) bond motifs is 2. The van der Waals surface area contributed by atoms with Crippen LogP contribution in [0.15, 0.2) is 46.9 Å². The largest absolute Gasteiger partial charge is 0.493 e. The van der Waals surface area contributed by atoms with Gasteiger partial charge in [-0.1, -0.05) is 12.1 Å². The summed E-state index contributed by atoms with van der Waals surface area (Å²) in [5.41, 5.74) is 3.92. The number of rotatable bonds is 5. The molecule has 0 saturated carbocycles. The van der Waals surface area contributed by atoms with Gasteiger partial charge in [-0.15, -0.1) is 10.2 Å². The van der Waals surface area contributed by atoms with Crippen LogP contribution in [-0.2, 0) is 24.1 Å². The third-order valence-electron chi connectivity index (χ3n) is 5.84. The van der Waals surface area contributed by atoms with E-state index in [1.807, 2.05) is 34.8 Å². The minimum Gasteiger partial charge on any atom is -0.493 e. The van der Waals surface area contributed by atoms with Gasteiger partial charge in [-0.25, -0.2) is 0 Å². The first-order valence-electron chi connectivity index (χ1n) is 10.7. The zero-order valence-corrected chi connectivity index (χ0v) is 17.2. The number of hydrogen-bond acceptors (Lipinski definition) is 7. The lowest BCUT2D eigenvalue weighted by Gasteiger charge is -2.25. The second kappa shape index (κ2) is 7.79. The summed E-state index contributed by atoms with van der Waals surface area (Å²) in [7, 11) is 0. The normalized spacial score (nSPS) is 16.5. The molecule has 8 nitrogen and oxygen atoms in total. The summed E-state index contributed by atoms with van der Waals surface area (Å²) in [6.07, 6.45) is 1.61. The molecule has 0 N–H and O–H groups in total. The monoisotopic (exact) mass is 417 g/mol. The summed E-state index contributed by atoms with van der Waals surface area (Å²) in [6, 6.07) is 14.2. The van der Waals surface area contributed by atoms with Crippen LogP contribution in [0.2, 0.25) is 0 Å². The van der Waals surface area contributed by atoms with E-state index in [1.165, 1.54) is 11.1 Å². The maximum Gasteiger partial charge on any atom is 0.177 e. The van der Waals surface area contributed by atoms with Gasteiger partial charge in [0.25, 0.3) is 0 Å². The van der Waals surface area contributed by atoms with Crippen molar-refractivity contribution in [1.29, 1.82) is 0 Å². The number of furan rings is 1. The van der Waals surface area contributed by atoms with Crippen molar-refractivity contribution in [2.45, 2.75) is 19.4 Å². The van der Waals surface area contributed by atoms with Gasteiger partial charge in [-0.2, -0.15) is 9.61 Å². The molecule has 0 bridgehead atoms. The molecule has 158 valence electrons. The molecule has 0 amide bonds. The molecule has 0 aliphatic carbocycles. The van der Waals surface area contributed by atoms with Gasteiger partial charge in [-0.3, -0.25) is 4.90 Å². The van der Waals surface area contributed by atoms with Crippen molar-refractivity contribution in [3.05, 3.63) is 65.2 Å². The third-order valence-corrected chi connectivity index (χ3v) is 5.84. The molecule has 2 aliphatic rings. The highest BCUT2D eigenvalue weighted by atomic mass is 16.5. The van der Waals surface area contributed by atoms with Crippen molar-refractivity contribution in [3.63, 3.8) is 0 Å². The van der Waals surface area contributed by atoms with E-state index in [2.05, 4.69) is 27.2 Å². The third kappa shape index (κ3) is 3.68. The summed E-state index contributed by atoms with van der Waals surface area (Å²) < 4.78 is 18.9. The van der Waals surface area contributed by atoms with Crippen LogP contribution in [0.5, 0.6) is 5.75 Å². The lowest BCUT2D eigenvalue weighted by atomic mass is 10.1. The van der Waals surface area contributed by atoms with Crippen LogP contribution >= 0.6 is 0 Å². The first-order valence-corrected chi connectivity index (χ1v) is 10.7. The van der Waals surface area contributed by atoms with E-state index < -0.39 is 0 Å². The van der Waals surface area contributed by atoms with Crippen LogP contribution in [0.1, 0.15) is 22.7 Å². The number of morpholine rings is 1. The fraction of sp³-hybridized carbons (Fsp3) is 0.348. The number of nitrogens with zero attached hydrogens (tertiary/aromatic N) is 5. The molecule has 8 heteroatoms. The Hall–Kier alpha value is -3.23. The Balaban J connectivity index is 1.25. The Bertz CT molecular complexity index is 1230. The Kier molecular flexibility index (Phi) is 4.66. The van der Waals surface area contributed by atoms with Crippen molar-refractivity contribution < 1.29 is 13.9 Å².